The van der Waals surface area contributed by atoms with Gasteiger partial charge in [-0.3, -0.25) is 14.5 Å². The van der Waals surface area contributed by atoms with E-state index in [-0.39, 0.29) is 17.9 Å². The van der Waals surface area contributed by atoms with Crippen LogP contribution in [0.5, 0.6) is 5.75 Å². The van der Waals surface area contributed by atoms with E-state index in [1.54, 1.807) is 4.57 Å². The Bertz CT molecular complexity index is 772. The van der Waals surface area contributed by atoms with Crippen LogP contribution in [0.2, 0.25) is 0 Å². The maximum absolute atomic E-state index is 12.1. The predicted molar refractivity (Wildman–Crippen MR) is 105 cm³/mol. The van der Waals surface area contributed by atoms with E-state index in [0.29, 0.717) is 17.9 Å². The van der Waals surface area contributed by atoms with E-state index in [4.69, 9.17) is 17.0 Å². The zero-order valence-electron chi connectivity index (χ0n) is 16.0. The standard InChI is InChI=1S/C19H28N4O2S/c1-5-6-16-21-22-18(26)23(16)13-17(24)20-11-12-25-15-9-7-14(8-10-15)19(2,3)4/h7-10H,5-6,11-13H2,1-4H3,(H,20,24)(H,22,26). The van der Waals surface area contributed by atoms with Crippen LogP contribution in [-0.2, 0) is 23.2 Å². The summed E-state index contributed by atoms with van der Waals surface area (Å²) >= 11 is 5.18. The highest BCUT2D eigenvalue weighted by Crippen LogP contribution is 2.24. The molecule has 1 aromatic heterocycles. The van der Waals surface area contributed by atoms with Crippen LogP contribution < -0.4 is 10.1 Å². The largest absolute Gasteiger partial charge is 0.492 e. The van der Waals surface area contributed by atoms with E-state index >= 15 is 0 Å². The summed E-state index contributed by atoms with van der Waals surface area (Å²) < 4.78 is 7.89. The van der Waals surface area contributed by atoms with Gasteiger partial charge in [0, 0.05) is 6.42 Å². The van der Waals surface area contributed by atoms with Crippen molar-refractivity contribution in [2.24, 2.45) is 0 Å². The van der Waals surface area contributed by atoms with E-state index in [1.165, 1.54) is 5.56 Å². The van der Waals surface area contributed by atoms with Gasteiger partial charge in [0.2, 0.25) is 5.91 Å². The number of rotatable bonds is 8. The summed E-state index contributed by atoms with van der Waals surface area (Å²) in [5.74, 6) is 1.50. The minimum absolute atomic E-state index is 0.105. The summed E-state index contributed by atoms with van der Waals surface area (Å²) in [7, 11) is 0. The highest BCUT2D eigenvalue weighted by atomic mass is 32.1. The number of nitrogens with one attached hydrogen (secondary N) is 2. The normalized spacial score (nSPS) is 11.4. The monoisotopic (exact) mass is 376 g/mol. The number of nitrogens with zero attached hydrogens (tertiary/aromatic N) is 2. The minimum Gasteiger partial charge on any atom is -0.492 e. The molecule has 0 aliphatic rings. The Morgan fingerprint density at radius 1 is 1.31 bits per heavy atom. The second kappa shape index (κ2) is 8.98. The zero-order valence-corrected chi connectivity index (χ0v) is 16.8. The van der Waals surface area contributed by atoms with E-state index in [9.17, 15) is 4.79 Å². The lowest BCUT2D eigenvalue weighted by atomic mass is 9.87. The molecule has 0 atom stereocenters. The van der Waals surface area contributed by atoms with Gasteiger partial charge in [-0.15, -0.1) is 0 Å². The molecule has 0 unspecified atom stereocenters. The van der Waals surface area contributed by atoms with Gasteiger partial charge in [-0.2, -0.15) is 5.10 Å². The summed E-state index contributed by atoms with van der Waals surface area (Å²) in [5, 5.41) is 9.75. The summed E-state index contributed by atoms with van der Waals surface area (Å²) in [5.41, 5.74) is 1.38. The Kier molecular flexibility index (Phi) is 6.97. The van der Waals surface area contributed by atoms with Gasteiger partial charge in [0.15, 0.2) is 4.77 Å². The molecule has 1 heterocycles. The Morgan fingerprint density at radius 3 is 2.62 bits per heavy atom. The molecule has 0 aliphatic heterocycles. The average Bonchev–Trinajstić information content (AvgIpc) is 2.92. The molecule has 6 nitrogen and oxygen atoms in total. The fourth-order valence-electron chi connectivity index (χ4n) is 2.54. The van der Waals surface area contributed by atoms with Crippen molar-refractivity contribution in [2.45, 2.75) is 52.5 Å². The first kappa shape index (κ1) is 20.2. The van der Waals surface area contributed by atoms with Gasteiger partial charge in [-0.1, -0.05) is 39.8 Å². The van der Waals surface area contributed by atoms with Crippen LogP contribution in [0, 0.1) is 4.77 Å². The Labute approximate surface area is 160 Å². The highest BCUT2D eigenvalue weighted by Gasteiger charge is 2.13. The fraction of sp³-hybridized carbons (Fsp3) is 0.526. The average molecular weight is 377 g/mol. The molecule has 1 amide bonds. The Balaban J connectivity index is 1.77. The molecule has 7 heteroatoms. The first-order chi connectivity index (χ1) is 12.3. The topological polar surface area (TPSA) is 71.9 Å². The maximum Gasteiger partial charge on any atom is 0.240 e. The van der Waals surface area contributed by atoms with Crippen LogP contribution in [0.4, 0.5) is 0 Å². The van der Waals surface area contributed by atoms with Crippen molar-refractivity contribution in [3.05, 3.63) is 40.4 Å². The van der Waals surface area contributed by atoms with Gasteiger partial charge in [0.1, 0.15) is 24.7 Å². The number of aromatic nitrogens is 3. The number of aryl methyl sites for hydroxylation is 1. The quantitative estimate of drug-likeness (QED) is 0.547. The van der Waals surface area contributed by atoms with Gasteiger partial charge in [0.05, 0.1) is 6.54 Å². The predicted octanol–water partition coefficient (Wildman–Crippen LogP) is 3.39. The molecule has 26 heavy (non-hydrogen) atoms. The van der Waals surface area contributed by atoms with Crippen LogP contribution in [-0.4, -0.2) is 33.8 Å². The third-order valence-electron chi connectivity index (χ3n) is 4.03. The third-order valence-corrected chi connectivity index (χ3v) is 4.34. The summed E-state index contributed by atoms with van der Waals surface area (Å²) in [6.07, 6.45) is 1.73. The Morgan fingerprint density at radius 2 is 2.00 bits per heavy atom. The summed E-state index contributed by atoms with van der Waals surface area (Å²) in [6, 6.07) is 8.07. The van der Waals surface area contributed by atoms with Crippen LogP contribution in [0.1, 0.15) is 45.5 Å². The van der Waals surface area contributed by atoms with Gasteiger partial charge < -0.3 is 10.1 Å². The second-order valence-corrected chi connectivity index (χ2v) is 7.64. The number of amides is 1. The van der Waals surface area contributed by atoms with Crippen molar-refractivity contribution in [2.75, 3.05) is 13.2 Å². The zero-order chi connectivity index (χ0) is 19.2. The van der Waals surface area contributed by atoms with Crippen molar-refractivity contribution in [3.8, 4) is 5.75 Å². The molecular weight excluding hydrogens is 348 g/mol. The van der Waals surface area contributed by atoms with E-state index in [2.05, 4.69) is 55.3 Å². The van der Waals surface area contributed by atoms with Gasteiger partial charge in [0.25, 0.3) is 0 Å². The molecule has 0 aliphatic carbocycles. The fourth-order valence-corrected chi connectivity index (χ4v) is 2.75. The number of carbonyl (C=O) groups excluding carboxylic acids is 1. The maximum atomic E-state index is 12.1. The van der Waals surface area contributed by atoms with Crippen LogP contribution >= 0.6 is 12.2 Å². The molecule has 0 saturated carbocycles. The molecule has 1 aromatic carbocycles. The lowest BCUT2D eigenvalue weighted by Gasteiger charge is -2.19. The van der Waals surface area contributed by atoms with Crippen LogP contribution in [0.15, 0.2) is 24.3 Å². The Hall–Kier alpha value is -2.15. The van der Waals surface area contributed by atoms with E-state index < -0.39 is 0 Å². The van der Waals surface area contributed by atoms with Crippen molar-refractivity contribution in [1.29, 1.82) is 0 Å². The number of benzene rings is 1. The van der Waals surface area contributed by atoms with E-state index in [1.807, 2.05) is 12.1 Å². The molecule has 2 aromatic rings. The van der Waals surface area contributed by atoms with E-state index in [0.717, 1.165) is 24.4 Å². The van der Waals surface area contributed by atoms with Gasteiger partial charge >= 0.3 is 0 Å². The lowest BCUT2D eigenvalue weighted by molar-refractivity contribution is -0.121. The first-order valence-electron chi connectivity index (χ1n) is 8.95. The first-order valence-corrected chi connectivity index (χ1v) is 9.36. The molecule has 2 rings (SSSR count). The molecule has 0 fully saturated rings. The second-order valence-electron chi connectivity index (χ2n) is 7.25. The number of ether oxygens (including phenoxy) is 1. The molecule has 0 saturated heterocycles. The summed E-state index contributed by atoms with van der Waals surface area (Å²) in [4.78, 5) is 12.1. The van der Waals surface area contributed by atoms with Crippen LogP contribution in [0.3, 0.4) is 0 Å². The molecular formula is C19H28N4O2S. The SMILES string of the molecule is CCCc1n[nH]c(=S)n1CC(=O)NCCOc1ccc(C(C)(C)C)cc1. The molecule has 2 N–H and O–H groups in total. The lowest BCUT2D eigenvalue weighted by Crippen LogP contribution is -2.31. The smallest absolute Gasteiger partial charge is 0.240 e. The number of hydrogen-bond acceptors (Lipinski definition) is 4. The number of H-pyrrole nitrogens is 1. The molecule has 0 bridgehead atoms. The number of carbonyl (C=O) groups is 1. The molecule has 0 radical (unpaired) electrons. The van der Waals surface area contributed by atoms with Gasteiger partial charge in [-0.05, 0) is 41.7 Å². The third kappa shape index (κ3) is 5.69. The van der Waals surface area contributed by atoms with Gasteiger partial charge in [-0.25, -0.2) is 0 Å². The minimum atomic E-state index is -0.105. The number of hydrogen-bond donors (Lipinski definition) is 2. The highest BCUT2D eigenvalue weighted by molar-refractivity contribution is 7.71. The molecule has 0 spiro atoms. The summed E-state index contributed by atoms with van der Waals surface area (Å²) in [6.45, 7) is 9.62. The molecule has 142 valence electrons. The van der Waals surface area contributed by atoms with Crippen molar-refractivity contribution < 1.29 is 9.53 Å². The van der Waals surface area contributed by atoms with Crippen molar-refractivity contribution >= 4 is 18.1 Å². The van der Waals surface area contributed by atoms with Crippen molar-refractivity contribution in [1.82, 2.24) is 20.1 Å². The van der Waals surface area contributed by atoms with Crippen molar-refractivity contribution in [3.63, 3.8) is 0 Å². The number of aromatic amines is 1. The van der Waals surface area contributed by atoms with Crippen LogP contribution in [0.25, 0.3) is 0 Å².